The highest BCUT2D eigenvalue weighted by molar-refractivity contribution is 7.81. The summed E-state index contributed by atoms with van der Waals surface area (Å²) in [6.07, 6.45) is 13.5. The second-order valence-corrected chi connectivity index (χ2v) is 6.49. The topological polar surface area (TPSA) is 84.1 Å². The van der Waals surface area contributed by atoms with Gasteiger partial charge in [0.05, 0.1) is 36.6 Å². The number of carbonyl (C=O) groups excluding carboxylic acids is 1. The third-order valence-electron chi connectivity index (χ3n) is 3.52. The number of nitrogens with zero attached hydrogens (tertiary/aromatic N) is 2. The maximum Gasteiger partial charge on any atom is 0.258 e. The van der Waals surface area contributed by atoms with Crippen molar-refractivity contribution in [1.82, 2.24) is 9.73 Å². The summed E-state index contributed by atoms with van der Waals surface area (Å²) in [6, 6.07) is 2.46. The molecule has 1 N–H and O–H groups in total. The molecule has 8 heteroatoms. The Labute approximate surface area is 149 Å². The van der Waals surface area contributed by atoms with Crippen molar-refractivity contribution >= 4 is 23.1 Å². The van der Waals surface area contributed by atoms with Gasteiger partial charge < -0.3 is 9.15 Å². The summed E-state index contributed by atoms with van der Waals surface area (Å²) in [5, 5.41) is 3.86. The highest BCUT2D eigenvalue weighted by atomic mass is 32.2. The second kappa shape index (κ2) is 9.14. The van der Waals surface area contributed by atoms with Crippen LogP contribution >= 0.6 is 0 Å². The van der Waals surface area contributed by atoms with E-state index in [0.29, 0.717) is 11.5 Å². The van der Waals surface area contributed by atoms with Gasteiger partial charge in [-0.2, -0.15) is 5.10 Å². The average Bonchev–Trinajstić information content (AvgIpc) is 2.99. The smallest absolute Gasteiger partial charge is 0.258 e. The van der Waals surface area contributed by atoms with E-state index in [1.54, 1.807) is 42.6 Å². The fourth-order valence-corrected chi connectivity index (χ4v) is 3.29. The third-order valence-corrected chi connectivity index (χ3v) is 4.68. The molecule has 0 saturated carbocycles. The minimum absolute atomic E-state index is 0.315. The SMILES string of the molecule is COC1=CC=CC(N(C(C)C(=O)N/N=C/c2ccco2)S(C)=O)C=C1. The predicted molar refractivity (Wildman–Crippen MR) is 97.0 cm³/mol. The maximum absolute atomic E-state index is 12.3. The molecule has 3 unspecified atom stereocenters. The molecule has 0 fully saturated rings. The van der Waals surface area contributed by atoms with Crippen molar-refractivity contribution in [3.8, 4) is 0 Å². The third kappa shape index (κ3) is 5.27. The Hall–Kier alpha value is -2.45. The minimum Gasteiger partial charge on any atom is -0.497 e. The molecule has 0 radical (unpaired) electrons. The van der Waals surface area contributed by atoms with Gasteiger partial charge in [0, 0.05) is 6.26 Å². The Bertz CT molecular complexity index is 722. The van der Waals surface area contributed by atoms with Crippen molar-refractivity contribution in [3.05, 3.63) is 60.3 Å². The number of furan rings is 1. The largest absolute Gasteiger partial charge is 0.497 e. The van der Waals surface area contributed by atoms with Gasteiger partial charge in [0.25, 0.3) is 5.91 Å². The van der Waals surface area contributed by atoms with Crippen molar-refractivity contribution in [2.45, 2.75) is 19.0 Å². The van der Waals surface area contributed by atoms with Crippen LogP contribution in [0.1, 0.15) is 12.7 Å². The summed E-state index contributed by atoms with van der Waals surface area (Å²) in [7, 11) is 0.205. The Kier molecular flexibility index (Phi) is 6.91. The van der Waals surface area contributed by atoms with E-state index in [1.165, 1.54) is 18.7 Å². The monoisotopic (exact) mass is 363 g/mol. The van der Waals surface area contributed by atoms with Gasteiger partial charge in [0.2, 0.25) is 0 Å². The van der Waals surface area contributed by atoms with Crippen LogP contribution in [0.4, 0.5) is 0 Å². The quantitative estimate of drug-likeness (QED) is 0.591. The van der Waals surface area contributed by atoms with E-state index in [2.05, 4.69) is 10.5 Å². The normalized spacial score (nSPS) is 19.5. The lowest BCUT2D eigenvalue weighted by atomic mass is 10.2. The van der Waals surface area contributed by atoms with E-state index >= 15 is 0 Å². The van der Waals surface area contributed by atoms with Crippen molar-refractivity contribution in [1.29, 1.82) is 0 Å². The van der Waals surface area contributed by atoms with Gasteiger partial charge in [-0.3, -0.25) is 4.79 Å². The predicted octanol–water partition coefficient (Wildman–Crippen LogP) is 1.74. The Morgan fingerprint density at radius 2 is 2.32 bits per heavy atom. The molecule has 25 heavy (non-hydrogen) atoms. The first-order chi connectivity index (χ1) is 12.0. The van der Waals surface area contributed by atoms with Gasteiger partial charge in [-0.25, -0.2) is 13.9 Å². The van der Waals surface area contributed by atoms with Crippen LogP contribution in [-0.2, 0) is 20.5 Å². The Morgan fingerprint density at radius 3 is 2.96 bits per heavy atom. The van der Waals surface area contributed by atoms with Crippen molar-refractivity contribution in [3.63, 3.8) is 0 Å². The second-order valence-electron chi connectivity index (χ2n) is 5.22. The zero-order valence-electron chi connectivity index (χ0n) is 14.3. The van der Waals surface area contributed by atoms with Crippen LogP contribution in [-0.4, -0.2) is 46.1 Å². The molecule has 3 atom stereocenters. The molecule has 0 bridgehead atoms. The van der Waals surface area contributed by atoms with Gasteiger partial charge in [-0.15, -0.1) is 0 Å². The summed E-state index contributed by atoms with van der Waals surface area (Å²) in [6.45, 7) is 1.68. The van der Waals surface area contributed by atoms with Gasteiger partial charge >= 0.3 is 0 Å². The Morgan fingerprint density at radius 1 is 1.52 bits per heavy atom. The molecule has 1 aromatic rings. The molecule has 0 aliphatic heterocycles. The molecule has 0 spiro atoms. The molecule has 1 aliphatic rings. The van der Waals surface area contributed by atoms with E-state index in [4.69, 9.17) is 9.15 Å². The first-order valence-corrected chi connectivity index (χ1v) is 9.13. The zero-order chi connectivity index (χ0) is 18.2. The lowest BCUT2D eigenvalue weighted by Crippen LogP contribution is -2.48. The van der Waals surface area contributed by atoms with Crippen LogP contribution in [0.25, 0.3) is 0 Å². The van der Waals surface area contributed by atoms with E-state index in [0.717, 1.165) is 0 Å². The lowest BCUT2D eigenvalue weighted by molar-refractivity contribution is -0.124. The van der Waals surface area contributed by atoms with Crippen molar-refractivity contribution < 1.29 is 18.2 Å². The van der Waals surface area contributed by atoms with Crippen LogP contribution in [0, 0.1) is 0 Å². The van der Waals surface area contributed by atoms with Crippen molar-refractivity contribution in [2.24, 2.45) is 5.10 Å². The molecule has 1 aliphatic carbocycles. The summed E-state index contributed by atoms with van der Waals surface area (Å²) in [5.41, 5.74) is 2.44. The summed E-state index contributed by atoms with van der Waals surface area (Å²) >= 11 is 0. The Balaban J connectivity index is 2.06. The number of methoxy groups -OCH3 is 1. The van der Waals surface area contributed by atoms with Crippen LogP contribution in [0.2, 0.25) is 0 Å². The zero-order valence-corrected chi connectivity index (χ0v) is 15.1. The lowest BCUT2D eigenvalue weighted by Gasteiger charge is -2.29. The molecule has 134 valence electrons. The van der Waals surface area contributed by atoms with Crippen LogP contribution in [0.5, 0.6) is 0 Å². The maximum atomic E-state index is 12.3. The fraction of sp³-hybridized carbons (Fsp3) is 0.294. The summed E-state index contributed by atoms with van der Waals surface area (Å²) in [4.78, 5) is 12.3. The first kappa shape index (κ1) is 18.9. The molecular weight excluding hydrogens is 342 g/mol. The van der Waals surface area contributed by atoms with E-state index in [-0.39, 0.29) is 11.9 Å². The van der Waals surface area contributed by atoms with Crippen molar-refractivity contribution in [2.75, 3.05) is 13.4 Å². The molecule has 7 nitrogen and oxygen atoms in total. The molecule has 1 heterocycles. The highest BCUT2D eigenvalue weighted by Gasteiger charge is 2.29. The van der Waals surface area contributed by atoms with Crippen LogP contribution in [0.15, 0.2) is 64.1 Å². The number of amides is 1. The number of ether oxygens (including phenoxy) is 1. The van der Waals surface area contributed by atoms with Gasteiger partial charge in [-0.1, -0.05) is 18.2 Å². The number of carbonyl (C=O) groups is 1. The molecule has 1 aromatic heterocycles. The van der Waals surface area contributed by atoms with E-state index < -0.39 is 17.0 Å². The first-order valence-electron chi connectivity index (χ1n) is 7.62. The van der Waals surface area contributed by atoms with E-state index in [9.17, 15) is 9.00 Å². The number of hydrogen-bond acceptors (Lipinski definition) is 5. The molecule has 2 rings (SSSR count). The molecule has 0 aromatic carbocycles. The average molecular weight is 363 g/mol. The van der Waals surface area contributed by atoms with Crippen LogP contribution in [0.3, 0.4) is 0 Å². The van der Waals surface area contributed by atoms with Gasteiger partial charge in [-0.05, 0) is 31.2 Å². The molecular formula is C17H21N3O4S. The van der Waals surface area contributed by atoms with E-state index in [1.807, 2.05) is 18.2 Å². The summed E-state index contributed by atoms with van der Waals surface area (Å²) in [5.74, 6) is 0.835. The number of hydrogen-bond donors (Lipinski definition) is 1. The number of nitrogens with one attached hydrogen (secondary N) is 1. The van der Waals surface area contributed by atoms with Gasteiger partial charge in [0.1, 0.15) is 17.6 Å². The number of hydrazone groups is 1. The van der Waals surface area contributed by atoms with Gasteiger partial charge in [0.15, 0.2) is 0 Å². The standard InChI is InChI=1S/C17H21N3O4S/c1-13(17(21)19-18-12-16-8-5-11-24-16)20(25(3)22)14-6-4-7-15(23-2)10-9-14/h4-14H,1-3H3,(H,19,21)/b18-12+. The fourth-order valence-electron chi connectivity index (χ4n) is 2.27. The number of rotatable bonds is 7. The number of allylic oxidation sites excluding steroid dienone is 3. The summed E-state index contributed by atoms with van der Waals surface area (Å²) < 4.78 is 24.1. The van der Waals surface area contributed by atoms with Crippen LogP contribution < -0.4 is 5.43 Å². The molecule has 1 amide bonds. The minimum atomic E-state index is -1.37. The highest BCUT2D eigenvalue weighted by Crippen LogP contribution is 2.16. The molecule has 0 saturated heterocycles.